The predicted octanol–water partition coefficient (Wildman–Crippen LogP) is 8.66. The molecule has 2 atom stereocenters. The van der Waals surface area contributed by atoms with Gasteiger partial charge in [-0.1, -0.05) is 66.0 Å². The van der Waals surface area contributed by atoms with Crippen molar-refractivity contribution in [3.63, 3.8) is 0 Å². The molecule has 0 bridgehead atoms. The van der Waals surface area contributed by atoms with Gasteiger partial charge < -0.3 is 14.4 Å². The van der Waals surface area contributed by atoms with Crippen LogP contribution >= 0.6 is 23.5 Å². The smallest absolute Gasteiger partial charge is 0.186 e. The third-order valence-electron chi connectivity index (χ3n) is 8.70. The number of nitrogens with zero attached hydrogens (tertiary/aromatic N) is 1. The zero-order valence-corrected chi connectivity index (χ0v) is 24.9. The summed E-state index contributed by atoms with van der Waals surface area (Å²) in [6.07, 6.45) is 3.39. The highest BCUT2D eigenvalue weighted by atomic mass is 32.2. The first kappa shape index (κ1) is 26.1. The van der Waals surface area contributed by atoms with Gasteiger partial charge in [0.15, 0.2) is 9.87 Å². The van der Waals surface area contributed by atoms with Gasteiger partial charge in [0, 0.05) is 54.0 Å². The van der Waals surface area contributed by atoms with Gasteiger partial charge in [-0.15, -0.1) is 0 Å². The second-order valence-electron chi connectivity index (χ2n) is 10.4. The van der Waals surface area contributed by atoms with Gasteiger partial charge in [-0.2, -0.15) is 0 Å². The van der Waals surface area contributed by atoms with Gasteiger partial charge in [-0.3, -0.25) is 0 Å². The summed E-state index contributed by atoms with van der Waals surface area (Å²) in [6, 6.07) is 19.9. The third kappa shape index (κ3) is 3.45. The highest BCUT2D eigenvalue weighted by Crippen LogP contribution is 2.73. The minimum absolute atomic E-state index is 0.648. The lowest BCUT2D eigenvalue weighted by Gasteiger charge is -2.49. The second kappa shape index (κ2) is 9.78. The van der Waals surface area contributed by atoms with Gasteiger partial charge in [0.25, 0.3) is 0 Å². The van der Waals surface area contributed by atoms with Crippen LogP contribution in [-0.4, -0.2) is 37.2 Å². The molecule has 4 aliphatic rings. The fourth-order valence-electron chi connectivity index (χ4n) is 6.98. The van der Waals surface area contributed by atoms with Crippen LogP contribution in [0.15, 0.2) is 88.0 Å². The van der Waals surface area contributed by atoms with Crippen molar-refractivity contribution in [1.82, 2.24) is 0 Å². The van der Waals surface area contributed by atoms with Crippen molar-refractivity contribution in [2.24, 2.45) is 0 Å². The van der Waals surface area contributed by atoms with E-state index in [0.29, 0.717) is 0 Å². The Labute approximate surface area is 236 Å². The molecule has 0 aromatic heterocycles. The molecule has 3 nitrogen and oxygen atoms in total. The molecule has 2 unspecified atom stereocenters. The van der Waals surface area contributed by atoms with E-state index in [1.807, 2.05) is 37.7 Å². The number of rotatable bonds is 7. The van der Waals surface area contributed by atoms with Crippen LogP contribution in [-0.2, 0) is 9.47 Å². The molecule has 0 spiro atoms. The Bertz CT molecular complexity index is 1400. The number of fused-ring (bicyclic) bond motifs is 4. The maximum absolute atomic E-state index is 6.72. The zero-order chi connectivity index (χ0) is 26.7. The quantitative estimate of drug-likeness (QED) is 0.347. The lowest BCUT2D eigenvalue weighted by atomic mass is 9.77. The van der Waals surface area contributed by atoms with Crippen LogP contribution in [0.4, 0.5) is 5.69 Å². The Morgan fingerprint density at radius 3 is 1.63 bits per heavy atom. The summed E-state index contributed by atoms with van der Waals surface area (Å²) in [4.78, 5) is 3.69. The van der Waals surface area contributed by atoms with Gasteiger partial charge in [0.2, 0.25) is 0 Å². The number of thioether (sulfide) groups is 2. The molecule has 6 rings (SSSR count). The average Bonchev–Trinajstić information content (AvgIpc) is 3.63. The normalized spacial score (nSPS) is 26.4. The van der Waals surface area contributed by atoms with Crippen molar-refractivity contribution < 1.29 is 9.47 Å². The van der Waals surface area contributed by atoms with Crippen molar-refractivity contribution in [2.45, 2.75) is 56.8 Å². The molecular weight excluding hydrogens is 507 g/mol. The fraction of sp³-hybridized carbons (Fsp3) is 0.394. The first-order chi connectivity index (χ1) is 18.5. The lowest BCUT2D eigenvalue weighted by molar-refractivity contribution is -0.0383. The van der Waals surface area contributed by atoms with Crippen molar-refractivity contribution in [3.05, 3.63) is 99.2 Å². The minimum atomic E-state index is -0.653. The topological polar surface area (TPSA) is 21.7 Å². The molecule has 1 fully saturated rings. The molecule has 2 heterocycles. The van der Waals surface area contributed by atoms with Crippen LogP contribution in [0, 0.1) is 0 Å². The maximum atomic E-state index is 6.72. The van der Waals surface area contributed by atoms with Crippen molar-refractivity contribution >= 4 is 39.0 Å². The summed E-state index contributed by atoms with van der Waals surface area (Å²) in [5, 5.41) is 0. The highest BCUT2D eigenvalue weighted by molar-refractivity contribution is 8.14. The van der Waals surface area contributed by atoms with Gasteiger partial charge in [-0.25, -0.2) is 0 Å². The highest BCUT2D eigenvalue weighted by Gasteiger charge is 2.68. The monoisotopic (exact) mass is 543 g/mol. The lowest BCUT2D eigenvalue weighted by Crippen LogP contribution is -2.54. The molecular formula is C33H37NO2S2. The molecule has 2 aliphatic heterocycles. The number of hydrogen-bond acceptors (Lipinski definition) is 5. The van der Waals surface area contributed by atoms with E-state index >= 15 is 0 Å². The molecule has 0 radical (unpaired) electrons. The van der Waals surface area contributed by atoms with E-state index in [9.17, 15) is 0 Å². The van der Waals surface area contributed by atoms with Gasteiger partial charge in [0.05, 0.1) is 0 Å². The maximum Gasteiger partial charge on any atom is 0.186 e. The van der Waals surface area contributed by atoms with Gasteiger partial charge in [0.1, 0.15) is 0 Å². The molecule has 0 amide bonds. The average molecular weight is 544 g/mol. The van der Waals surface area contributed by atoms with E-state index in [0.717, 1.165) is 25.9 Å². The largest absolute Gasteiger partial charge is 0.372 e. The Morgan fingerprint density at radius 1 is 0.711 bits per heavy atom. The number of benzene rings is 2. The number of ether oxygens (including phenoxy) is 2. The van der Waals surface area contributed by atoms with Crippen LogP contribution < -0.4 is 4.90 Å². The number of hydrogen-bond donors (Lipinski definition) is 0. The molecule has 0 N–H and O–H groups in total. The standard InChI is InChI=1S/C33H37NO2S2/c1-7-34(8-2)25-19-17-24(18-20-25)31-22(4)29-27-16-12-15-26(27)28-21(3)30(23-13-10-9-11-14-23)37-32(28,35-5)33(29,36-6)38-31/h9-11,13-14,17-20H,7-8,12,15-16H2,1-6H3. The van der Waals surface area contributed by atoms with Crippen LogP contribution in [0.5, 0.6) is 0 Å². The van der Waals surface area contributed by atoms with E-state index in [1.165, 1.54) is 66.5 Å². The molecule has 2 aliphatic carbocycles. The summed E-state index contributed by atoms with van der Waals surface area (Å²) in [5.74, 6) is 0. The summed E-state index contributed by atoms with van der Waals surface area (Å²) >= 11 is 3.71. The first-order valence-electron chi connectivity index (χ1n) is 13.8. The van der Waals surface area contributed by atoms with Crippen LogP contribution in [0.2, 0.25) is 0 Å². The van der Waals surface area contributed by atoms with Crippen molar-refractivity contribution in [3.8, 4) is 0 Å². The SMILES string of the molecule is CCN(CC)c1ccc(C2=C(C)C3=C4CCCC4=C4C(C)=C(c5ccccc5)SC4(OC)C3(OC)S2)cc1. The first-order valence-corrected chi connectivity index (χ1v) is 15.4. The number of methoxy groups -OCH3 is 2. The van der Waals surface area contributed by atoms with Crippen molar-refractivity contribution in [2.75, 3.05) is 32.2 Å². The Kier molecular flexibility index (Phi) is 6.71. The van der Waals surface area contributed by atoms with Crippen LogP contribution in [0.1, 0.15) is 58.1 Å². The summed E-state index contributed by atoms with van der Waals surface area (Å²) in [6.45, 7) is 11.0. The van der Waals surface area contributed by atoms with Gasteiger partial charge in [-0.05, 0) is 92.5 Å². The molecule has 38 heavy (non-hydrogen) atoms. The molecule has 198 valence electrons. The van der Waals surface area contributed by atoms with E-state index in [1.54, 1.807) is 0 Å². The number of anilines is 1. The molecule has 5 heteroatoms. The Hall–Kier alpha value is -2.18. The Balaban J connectivity index is 1.52. The fourth-order valence-corrected chi connectivity index (χ4v) is 10.4. The van der Waals surface area contributed by atoms with Crippen LogP contribution in [0.25, 0.3) is 9.81 Å². The summed E-state index contributed by atoms with van der Waals surface area (Å²) < 4.78 is 13.4. The van der Waals surface area contributed by atoms with E-state index in [-0.39, 0.29) is 0 Å². The van der Waals surface area contributed by atoms with E-state index in [2.05, 4.69) is 87.2 Å². The van der Waals surface area contributed by atoms with E-state index in [4.69, 9.17) is 9.47 Å². The van der Waals surface area contributed by atoms with Gasteiger partial charge >= 0.3 is 0 Å². The summed E-state index contributed by atoms with van der Waals surface area (Å²) in [5.41, 5.74) is 12.1. The summed E-state index contributed by atoms with van der Waals surface area (Å²) in [7, 11) is 3.75. The predicted molar refractivity (Wildman–Crippen MR) is 164 cm³/mol. The second-order valence-corrected chi connectivity index (χ2v) is 12.8. The molecule has 1 saturated carbocycles. The Morgan fingerprint density at radius 2 is 1.18 bits per heavy atom. The van der Waals surface area contributed by atoms with Crippen LogP contribution in [0.3, 0.4) is 0 Å². The molecule has 2 aromatic carbocycles. The van der Waals surface area contributed by atoms with E-state index < -0.39 is 9.87 Å². The number of allylic oxidation sites excluding steroid dienone is 2. The minimum Gasteiger partial charge on any atom is -0.372 e. The molecule has 2 aromatic rings. The third-order valence-corrected chi connectivity index (χ3v) is 12.2. The zero-order valence-electron chi connectivity index (χ0n) is 23.3. The van der Waals surface area contributed by atoms with Crippen molar-refractivity contribution in [1.29, 1.82) is 0 Å². The molecule has 0 saturated heterocycles.